The van der Waals surface area contributed by atoms with Gasteiger partial charge in [-0.05, 0) is 30.2 Å². The van der Waals surface area contributed by atoms with Crippen LogP contribution in [0.2, 0.25) is 0 Å². The maximum Gasteiger partial charge on any atom is 0.338 e. The van der Waals surface area contributed by atoms with Crippen molar-refractivity contribution in [3.05, 3.63) is 47.8 Å². The monoisotopic (exact) mass is 402 g/mol. The Morgan fingerprint density at radius 1 is 1.09 bits per heavy atom. The zero-order chi connectivity index (χ0) is 16.1. The van der Waals surface area contributed by atoms with E-state index < -0.39 is 11.9 Å². The third-order valence-corrected chi connectivity index (χ3v) is 2.81. The minimum Gasteiger partial charge on any atom is -0.478 e. The number of carbonyl (C=O) groups is 2. The number of hydrogen-bond donors (Lipinski definition) is 1. The van der Waals surface area contributed by atoms with Gasteiger partial charge in [0.25, 0.3) is 0 Å². The number of esters is 1. The van der Waals surface area contributed by atoms with Crippen LogP contribution in [0.4, 0.5) is 0 Å². The molecule has 0 aliphatic carbocycles. The van der Waals surface area contributed by atoms with Crippen molar-refractivity contribution >= 4 is 11.9 Å². The predicted octanol–water partition coefficient (Wildman–Crippen LogP) is 2.65. The summed E-state index contributed by atoms with van der Waals surface area (Å²) in [7, 11) is 0. The van der Waals surface area contributed by atoms with Gasteiger partial charge in [0, 0.05) is 31.9 Å². The zero-order valence-electron chi connectivity index (χ0n) is 12.7. The number of carbonyl (C=O) groups excluding carboxylic acids is 1. The summed E-state index contributed by atoms with van der Waals surface area (Å²) in [6.45, 7) is 4.24. The molecule has 0 radical (unpaired) electrons. The van der Waals surface area contributed by atoms with E-state index in [1.54, 1.807) is 6.07 Å². The number of aromatic carboxylic acids is 1. The van der Waals surface area contributed by atoms with Crippen LogP contribution in [0, 0.1) is 5.92 Å². The molecule has 1 N–H and O–H groups in total. The molecule has 0 amide bonds. The van der Waals surface area contributed by atoms with Crippen LogP contribution in [0.3, 0.4) is 0 Å². The van der Waals surface area contributed by atoms with Gasteiger partial charge in [0.05, 0.1) is 29.1 Å². The third kappa shape index (κ3) is 5.21. The Morgan fingerprint density at radius 3 is 2.13 bits per heavy atom. The fourth-order valence-corrected chi connectivity index (χ4v) is 1.73. The summed E-state index contributed by atoms with van der Waals surface area (Å²) in [6.07, 6.45) is 2.86. The molecule has 0 spiro atoms. The number of rotatable bonds is 5. The van der Waals surface area contributed by atoms with Crippen molar-refractivity contribution in [2.24, 2.45) is 5.92 Å². The smallest absolute Gasteiger partial charge is 0.338 e. The average molecular weight is 401 g/mol. The normalized spacial score (nSPS) is 10.0. The van der Waals surface area contributed by atoms with E-state index in [4.69, 9.17) is 9.84 Å². The first kappa shape index (κ1) is 18.9. The minimum absolute atomic E-state index is 0. The number of aromatic nitrogens is 2. The first-order valence-electron chi connectivity index (χ1n) is 6.80. The van der Waals surface area contributed by atoms with Crippen LogP contribution in [0.15, 0.2) is 36.7 Å². The fourth-order valence-electron chi connectivity index (χ4n) is 1.73. The SMILES string of the molecule is CC(C)COC(=O)c1ccnc(-c2cc(C(=O)O)ccn2)c1.[Ru]. The number of pyridine rings is 2. The van der Waals surface area contributed by atoms with Gasteiger partial charge in [0.15, 0.2) is 0 Å². The molecule has 2 heterocycles. The van der Waals surface area contributed by atoms with Gasteiger partial charge in [-0.25, -0.2) is 9.59 Å². The van der Waals surface area contributed by atoms with Crippen molar-refractivity contribution in [2.45, 2.75) is 13.8 Å². The molecule has 0 saturated heterocycles. The summed E-state index contributed by atoms with van der Waals surface area (Å²) in [5.74, 6) is -1.23. The standard InChI is InChI=1S/C16H16N2O4.Ru/c1-10(2)9-22-16(21)12-4-6-18-14(8-12)13-7-11(15(19)20)3-5-17-13;/h3-8,10H,9H2,1-2H3,(H,19,20);. The molecule has 2 aromatic heterocycles. The summed E-state index contributed by atoms with van der Waals surface area (Å²) in [4.78, 5) is 31.1. The van der Waals surface area contributed by atoms with Crippen LogP contribution in [0.25, 0.3) is 11.4 Å². The minimum atomic E-state index is -1.05. The van der Waals surface area contributed by atoms with Crippen LogP contribution < -0.4 is 0 Å². The topological polar surface area (TPSA) is 89.4 Å². The van der Waals surface area contributed by atoms with E-state index in [1.807, 2.05) is 13.8 Å². The van der Waals surface area contributed by atoms with Crippen LogP contribution in [-0.2, 0) is 24.2 Å². The molecule has 0 aromatic carbocycles. The largest absolute Gasteiger partial charge is 0.478 e. The summed E-state index contributed by atoms with van der Waals surface area (Å²) < 4.78 is 5.16. The van der Waals surface area contributed by atoms with Crippen LogP contribution >= 0.6 is 0 Å². The van der Waals surface area contributed by atoms with Crippen LogP contribution in [-0.4, -0.2) is 33.6 Å². The Kier molecular flexibility index (Phi) is 6.98. The summed E-state index contributed by atoms with van der Waals surface area (Å²) in [6, 6.07) is 5.89. The molecule has 0 aliphatic rings. The van der Waals surface area contributed by atoms with E-state index in [1.165, 1.54) is 30.6 Å². The second-order valence-corrected chi connectivity index (χ2v) is 5.16. The second kappa shape index (κ2) is 8.48. The van der Waals surface area contributed by atoms with Crippen LogP contribution in [0.1, 0.15) is 34.6 Å². The zero-order valence-corrected chi connectivity index (χ0v) is 14.4. The van der Waals surface area contributed by atoms with Crippen molar-refractivity contribution in [1.29, 1.82) is 0 Å². The summed E-state index contributed by atoms with van der Waals surface area (Å²) >= 11 is 0. The van der Waals surface area contributed by atoms with Gasteiger partial charge in [-0.1, -0.05) is 13.8 Å². The molecule has 0 atom stereocenters. The van der Waals surface area contributed by atoms with Crippen LogP contribution in [0.5, 0.6) is 0 Å². The molecule has 122 valence electrons. The molecule has 23 heavy (non-hydrogen) atoms. The summed E-state index contributed by atoms with van der Waals surface area (Å²) in [5, 5.41) is 9.00. The van der Waals surface area contributed by atoms with Crippen molar-refractivity contribution in [3.63, 3.8) is 0 Å². The van der Waals surface area contributed by atoms with Gasteiger partial charge in [-0.15, -0.1) is 0 Å². The van der Waals surface area contributed by atoms with Crippen molar-refractivity contribution in [2.75, 3.05) is 6.61 Å². The summed E-state index contributed by atoms with van der Waals surface area (Å²) in [5.41, 5.74) is 1.27. The Morgan fingerprint density at radius 2 is 1.61 bits per heavy atom. The molecule has 2 rings (SSSR count). The molecule has 0 bridgehead atoms. The van der Waals surface area contributed by atoms with E-state index >= 15 is 0 Å². The van der Waals surface area contributed by atoms with Gasteiger partial charge in [0.1, 0.15) is 0 Å². The maximum atomic E-state index is 11.9. The molecular weight excluding hydrogens is 385 g/mol. The number of hydrogen-bond acceptors (Lipinski definition) is 5. The van der Waals surface area contributed by atoms with Crippen molar-refractivity contribution in [1.82, 2.24) is 9.97 Å². The van der Waals surface area contributed by atoms with Gasteiger partial charge in [-0.3, -0.25) is 9.97 Å². The average Bonchev–Trinajstić information content (AvgIpc) is 2.52. The van der Waals surface area contributed by atoms with Gasteiger partial charge in [-0.2, -0.15) is 0 Å². The Balaban J connectivity index is 0.00000264. The van der Waals surface area contributed by atoms with E-state index in [0.717, 1.165) is 0 Å². The molecule has 0 unspecified atom stereocenters. The maximum absolute atomic E-state index is 11.9. The van der Waals surface area contributed by atoms with E-state index in [9.17, 15) is 9.59 Å². The van der Waals surface area contributed by atoms with Gasteiger partial charge in [0.2, 0.25) is 0 Å². The van der Waals surface area contributed by atoms with Crippen molar-refractivity contribution < 1.29 is 38.9 Å². The van der Waals surface area contributed by atoms with E-state index in [0.29, 0.717) is 23.6 Å². The molecular formula is C16H16N2O4Ru. The molecule has 2 aromatic rings. The number of nitrogens with zero attached hydrogens (tertiary/aromatic N) is 2. The molecule has 0 fully saturated rings. The molecule has 7 heteroatoms. The van der Waals surface area contributed by atoms with Gasteiger partial charge < -0.3 is 9.84 Å². The molecule has 0 saturated carbocycles. The van der Waals surface area contributed by atoms with Crippen molar-refractivity contribution in [3.8, 4) is 11.4 Å². The number of ether oxygens (including phenoxy) is 1. The van der Waals surface area contributed by atoms with E-state index in [-0.39, 0.29) is 31.0 Å². The Labute approximate surface area is 146 Å². The number of carboxylic acid groups (broad SMARTS) is 1. The molecule has 0 aliphatic heterocycles. The Hall–Kier alpha value is -2.14. The second-order valence-electron chi connectivity index (χ2n) is 5.16. The first-order valence-corrected chi connectivity index (χ1v) is 6.80. The predicted molar refractivity (Wildman–Crippen MR) is 79.5 cm³/mol. The first-order chi connectivity index (χ1) is 10.5. The quantitative estimate of drug-likeness (QED) is 0.612. The third-order valence-electron chi connectivity index (χ3n) is 2.81. The van der Waals surface area contributed by atoms with E-state index in [2.05, 4.69) is 9.97 Å². The fraction of sp³-hybridized carbons (Fsp3) is 0.250. The Bertz CT molecular complexity index is 704. The molecule has 6 nitrogen and oxygen atoms in total. The number of carboxylic acids is 1. The van der Waals surface area contributed by atoms with Gasteiger partial charge >= 0.3 is 11.9 Å².